The van der Waals surface area contributed by atoms with E-state index in [1.54, 1.807) is 25.3 Å². The fourth-order valence-electron chi connectivity index (χ4n) is 3.33. The van der Waals surface area contributed by atoms with Gasteiger partial charge in [0.2, 0.25) is 11.8 Å². The molecule has 2 saturated heterocycles. The quantitative estimate of drug-likeness (QED) is 0.308. The molecule has 2 aliphatic rings. The van der Waals surface area contributed by atoms with E-state index in [1.165, 1.54) is 17.8 Å². The number of hydrogen-bond acceptors (Lipinski definition) is 6. The summed E-state index contributed by atoms with van der Waals surface area (Å²) in [5.41, 5.74) is 0. The van der Waals surface area contributed by atoms with E-state index in [2.05, 4.69) is 5.32 Å². The van der Waals surface area contributed by atoms with Crippen LogP contribution < -0.4 is 5.32 Å². The van der Waals surface area contributed by atoms with Crippen LogP contribution in [0.15, 0.2) is 17.5 Å². The Morgan fingerprint density at radius 2 is 2.04 bits per heavy atom. The average Bonchev–Trinajstić information content (AvgIpc) is 3.08. The molecule has 3 heterocycles. The summed E-state index contributed by atoms with van der Waals surface area (Å²) in [5.74, 6) is -5.49. The van der Waals surface area contributed by atoms with Crippen LogP contribution in [0.25, 0.3) is 0 Å². The monoisotopic (exact) mass is 420 g/mol. The number of nitrogens with one attached hydrogen (secondary N) is 1. The molecule has 1 aromatic rings. The zero-order valence-electron chi connectivity index (χ0n) is 13.7. The van der Waals surface area contributed by atoms with Crippen molar-refractivity contribution < 1.29 is 33.8 Å². The van der Waals surface area contributed by atoms with E-state index in [4.69, 9.17) is 0 Å². The van der Waals surface area contributed by atoms with Crippen LogP contribution in [0.4, 0.5) is 0 Å². The van der Waals surface area contributed by atoms with E-state index >= 15 is 0 Å². The van der Waals surface area contributed by atoms with Crippen LogP contribution in [0.5, 0.6) is 0 Å². The molecule has 1 aromatic heterocycles. The second-order valence-corrected chi connectivity index (χ2v) is 11.0. The second kappa shape index (κ2) is 6.35. The molecular formula is C14H17N2O7PS2. The Hall–Kier alpha value is -1.39. The molecule has 0 bridgehead atoms. The number of amides is 2. The molecule has 26 heavy (non-hydrogen) atoms. The molecular weight excluding hydrogens is 403 g/mol. The van der Waals surface area contributed by atoms with Crippen LogP contribution in [0.3, 0.4) is 0 Å². The van der Waals surface area contributed by atoms with Crippen molar-refractivity contribution in [3.8, 4) is 0 Å². The van der Waals surface area contributed by atoms with Gasteiger partial charge in [-0.2, -0.15) is 0 Å². The van der Waals surface area contributed by atoms with Gasteiger partial charge >= 0.3 is 13.6 Å². The van der Waals surface area contributed by atoms with Crippen molar-refractivity contribution >= 4 is 48.5 Å². The van der Waals surface area contributed by atoms with Crippen molar-refractivity contribution in [2.24, 2.45) is 0 Å². The minimum atomic E-state index is -4.57. The zero-order valence-corrected chi connectivity index (χ0v) is 16.3. The van der Waals surface area contributed by atoms with E-state index in [0.29, 0.717) is 4.88 Å². The smallest absolute Gasteiger partial charge is 0.349 e. The summed E-state index contributed by atoms with van der Waals surface area (Å²) in [4.78, 5) is 56.9. The number of carboxylic acids is 1. The third kappa shape index (κ3) is 3.07. The third-order valence-electron chi connectivity index (χ3n) is 4.34. The predicted molar refractivity (Wildman–Crippen MR) is 94.8 cm³/mol. The summed E-state index contributed by atoms with van der Waals surface area (Å²) in [6.45, 7) is 3.25. The molecule has 2 fully saturated rings. The first-order valence-electron chi connectivity index (χ1n) is 7.57. The fourth-order valence-corrected chi connectivity index (χ4v) is 7.74. The number of carbonyl (C=O) groups excluding carboxylic acids is 2. The van der Waals surface area contributed by atoms with Gasteiger partial charge in [0.25, 0.3) is 0 Å². The molecule has 0 aromatic carbocycles. The van der Waals surface area contributed by atoms with Gasteiger partial charge < -0.3 is 25.1 Å². The maximum atomic E-state index is 12.4. The molecule has 0 radical (unpaired) electrons. The van der Waals surface area contributed by atoms with Crippen LogP contribution in [-0.4, -0.2) is 59.5 Å². The first kappa shape index (κ1) is 19.4. The number of rotatable bonds is 5. The maximum absolute atomic E-state index is 12.4. The van der Waals surface area contributed by atoms with E-state index in [1.807, 2.05) is 0 Å². The Kier molecular flexibility index (Phi) is 4.73. The Balaban J connectivity index is 1.79. The van der Waals surface area contributed by atoms with Gasteiger partial charge in [-0.15, -0.1) is 23.1 Å². The molecule has 142 valence electrons. The number of hydrogen-bond donors (Lipinski definition) is 4. The van der Waals surface area contributed by atoms with Crippen LogP contribution in [0, 0.1) is 0 Å². The Morgan fingerprint density at radius 3 is 2.54 bits per heavy atom. The van der Waals surface area contributed by atoms with E-state index in [0.717, 1.165) is 16.2 Å². The van der Waals surface area contributed by atoms with Gasteiger partial charge in [-0.3, -0.25) is 18.9 Å². The summed E-state index contributed by atoms with van der Waals surface area (Å²) < 4.78 is 10.9. The minimum Gasteiger partial charge on any atom is -0.480 e. The molecule has 4 N–H and O–H groups in total. The summed E-state index contributed by atoms with van der Waals surface area (Å²) in [6.07, 6.45) is 0. The van der Waals surface area contributed by atoms with Crippen molar-refractivity contribution in [2.45, 2.75) is 41.7 Å². The highest BCUT2D eigenvalue weighted by Crippen LogP contribution is 2.62. The molecule has 2 aliphatic heterocycles. The van der Waals surface area contributed by atoms with E-state index < -0.39 is 53.2 Å². The Bertz CT molecular complexity index is 806. The summed E-state index contributed by atoms with van der Waals surface area (Å²) in [7, 11) is -4.57. The molecule has 9 nitrogen and oxygen atoms in total. The van der Waals surface area contributed by atoms with Crippen molar-refractivity contribution in [1.29, 1.82) is 0 Å². The number of nitrogens with zero attached hydrogens (tertiary/aromatic N) is 1. The first-order chi connectivity index (χ1) is 11.9. The van der Waals surface area contributed by atoms with Gasteiger partial charge in [-0.1, -0.05) is 6.07 Å². The number of thiophene rings is 1. The number of carboxylic acid groups (broad SMARTS) is 1. The molecule has 0 aliphatic carbocycles. The highest BCUT2D eigenvalue weighted by molar-refractivity contribution is 8.02. The highest BCUT2D eigenvalue weighted by atomic mass is 32.2. The molecule has 12 heteroatoms. The normalized spacial score (nSPS) is 28.2. The lowest BCUT2D eigenvalue weighted by molar-refractivity contribution is -0.152. The molecule has 3 rings (SSSR count). The lowest BCUT2D eigenvalue weighted by atomic mass is 10.0. The van der Waals surface area contributed by atoms with Gasteiger partial charge in [0.1, 0.15) is 17.2 Å². The topological polar surface area (TPSA) is 144 Å². The number of aliphatic carboxylic acids is 1. The maximum Gasteiger partial charge on any atom is 0.349 e. The summed E-state index contributed by atoms with van der Waals surface area (Å²) in [5, 5.41) is 12.8. The molecule has 3 unspecified atom stereocenters. The van der Waals surface area contributed by atoms with Crippen molar-refractivity contribution in [3.63, 3.8) is 0 Å². The second-order valence-electron chi connectivity index (χ2n) is 6.59. The number of β-lactam (4-membered cyclic amide) rings is 1. The Morgan fingerprint density at radius 1 is 1.38 bits per heavy atom. The number of carbonyl (C=O) groups is 3. The molecule has 0 spiro atoms. The molecule has 4 atom stereocenters. The largest absolute Gasteiger partial charge is 0.480 e. The van der Waals surface area contributed by atoms with Crippen LogP contribution in [0.2, 0.25) is 0 Å². The predicted octanol–water partition coefficient (Wildman–Crippen LogP) is 0.599. The fraction of sp³-hybridized carbons (Fsp3) is 0.500. The van der Waals surface area contributed by atoms with Crippen molar-refractivity contribution in [1.82, 2.24) is 10.2 Å². The van der Waals surface area contributed by atoms with Gasteiger partial charge in [-0.05, 0) is 25.3 Å². The van der Waals surface area contributed by atoms with Crippen LogP contribution in [0.1, 0.15) is 24.6 Å². The highest BCUT2D eigenvalue weighted by Gasteiger charge is 2.66. The van der Waals surface area contributed by atoms with Crippen molar-refractivity contribution in [2.75, 3.05) is 0 Å². The SMILES string of the molecule is CC1(C)S[C@@H]2C(NC(=O)C(C(=O)O)c3cccs3)C(=O)N2C1P(=O)(O)O. The number of fused-ring (bicyclic) bond motifs is 1. The van der Waals surface area contributed by atoms with Gasteiger partial charge in [0.15, 0.2) is 5.92 Å². The van der Waals surface area contributed by atoms with Gasteiger partial charge in [0.05, 0.1) is 0 Å². The van der Waals surface area contributed by atoms with E-state index in [9.17, 15) is 33.8 Å². The number of thioether (sulfide) groups is 1. The third-order valence-corrected chi connectivity index (χ3v) is 8.56. The molecule has 2 amide bonds. The lowest BCUT2D eigenvalue weighted by Crippen LogP contribution is -2.69. The van der Waals surface area contributed by atoms with Gasteiger partial charge in [-0.25, -0.2) is 0 Å². The average molecular weight is 420 g/mol. The lowest BCUT2D eigenvalue weighted by Gasteiger charge is -2.44. The van der Waals surface area contributed by atoms with Crippen LogP contribution in [-0.2, 0) is 18.9 Å². The Labute approximate surface area is 156 Å². The summed E-state index contributed by atoms with van der Waals surface area (Å²) in [6, 6.07) is 2.14. The van der Waals surface area contributed by atoms with Gasteiger partial charge in [0, 0.05) is 9.62 Å². The summed E-state index contributed by atoms with van der Waals surface area (Å²) >= 11 is 2.30. The first-order valence-corrected chi connectivity index (χ1v) is 11.0. The standard InChI is InChI=1S/C14H17N2O7PS2/c1-14(2)13(24(21,22)23)16-10(18)8(11(16)26-14)15-9(17)7(12(19)20)6-4-3-5-25-6/h3-5,7-8,11,13H,1-2H3,(H,15,17)(H,19,20)(H2,21,22,23)/t7?,8?,11-,13?/m1/s1. The zero-order chi connectivity index (χ0) is 19.4. The van der Waals surface area contributed by atoms with E-state index in [-0.39, 0.29) is 0 Å². The molecule has 0 saturated carbocycles. The van der Waals surface area contributed by atoms with Crippen molar-refractivity contribution in [3.05, 3.63) is 22.4 Å². The minimum absolute atomic E-state index is 0.339. The van der Waals surface area contributed by atoms with Crippen LogP contribution >= 0.6 is 30.7 Å².